The molecule has 2 atom stereocenters. The lowest BCUT2D eigenvalue weighted by molar-refractivity contribution is -0.932. The highest BCUT2D eigenvalue weighted by molar-refractivity contribution is 5.44. The average molecular weight is 378 g/mol. The first kappa shape index (κ1) is 17.3. The molecule has 0 aliphatic carbocycles. The maximum Gasteiger partial charge on any atom is 0.258 e. The van der Waals surface area contributed by atoms with Crippen molar-refractivity contribution in [3.8, 4) is 11.5 Å². The number of fused-ring (bicyclic) bond motifs is 2. The quantitative estimate of drug-likeness (QED) is 0.754. The summed E-state index contributed by atoms with van der Waals surface area (Å²) in [5.74, 6) is 1.67. The fourth-order valence-corrected chi connectivity index (χ4v) is 4.49. The maximum absolute atomic E-state index is 12.6. The van der Waals surface area contributed by atoms with Crippen LogP contribution in [0.15, 0.2) is 47.3 Å². The number of hydrogen-bond acceptors (Lipinski definition) is 4. The average Bonchev–Trinajstić information content (AvgIpc) is 3.15. The van der Waals surface area contributed by atoms with Gasteiger partial charge in [0.15, 0.2) is 11.5 Å². The van der Waals surface area contributed by atoms with E-state index in [1.54, 1.807) is 10.5 Å². The van der Waals surface area contributed by atoms with Crippen LogP contribution in [0.1, 0.15) is 35.8 Å². The van der Waals surface area contributed by atoms with Crippen LogP contribution in [0.25, 0.3) is 5.65 Å². The summed E-state index contributed by atoms with van der Waals surface area (Å²) in [7, 11) is 0. The molecule has 0 bridgehead atoms. The van der Waals surface area contributed by atoms with E-state index in [2.05, 4.69) is 12.1 Å². The molecule has 1 aromatic carbocycles. The van der Waals surface area contributed by atoms with E-state index in [4.69, 9.17) is 14.5 Å². The van der Waals surface area contributed by atoms with E-state index in [1.807, 2.05) is 31.2 Å². The van der Waals surface area contributed by atoms with Crippen LogP contribution < -0.4 is 19.9 Å². The fourth-order valence-electron chi connectivity index (χ4n) is 4.49. The number of nitrogens with one attached hydrogen (secondary N) is 1. The number of nitrogens with zero attached hydrogens (tertiary/aromatic N) is 2. The van der Waals surface area contributed by atoms with Crippen molar-refractivity contribution in [2.45, 2.75) is 32.4 Å². The molecule has 0 saturated carbocycles. The Morgan fingerprint density at radius 1 is 1.14 bits per heavy atom. The third-order valence-electron chi connectivity index (χ3n) is 5.79. The molecule has 0 spiro atoms. The predicted molar refractivity (Wildman–Crippen MR) is 105 cm³/mol. The number of pyridine rings is 1. The minimum atomic E-state index is -0.00687. The van der Waals surface area contributed by atoms with Crippen molar-refractivity contribution in [1.29, 1.82) is 0 Å². The Balaban J connectivity index is 1.43. The van der Waals surface area contributed by atoms with Crippen LogP contribution in [0.3, 0.4) is 0 Å². The van der Waals surface area contributed by atoms with Crippen LogP contribution in [0, 0.1) is 6.92 Å². The first-order chi connectivity index (χ1) is 13.7. The molecule has 6 heteroatoms. The first-order valence-electron chi connectivity index (χ1n) is 9.91. The van der Waals surface area contributed by atoms with Crippen molar-refractivity contribution in [3.63, 3.8) is 0 Å². The molecule has 4 heterocycles. The van der Waals surface area contributed by atoms with Crippen LogP contribution in [-0.2, 0) is 6.54 Å². The van der Waals surface area contributed by atoms with Crippen LogP contribution in [-0.4, -0.2) is 29.1 Å². The molecule has 144 valence electrons. The zero-order chi connectivity index (χ0) is 19.1. The maximum atomic E-state index is 12.6. The highest BCUT2D eigenvalue weighted by atomic mass is 16.6. The SMILES string of the molecule is Cc1cccc2nc(C[NH+]3CCC[C@H]3c3ccc4c(c3)OCCO4)cc(=O)n12. The Bertz CT molecular complexity index is 1090. The van der Waals surface area contributed by atoms with Crippen molar-refractivity contribution in [1.82, 2.24) is 9.38 Å². The van der Waals surface area contributed by atoms with E-state index in [-0.39, 0.29) is 5.56 Å². The molecule has 28 heavy (non-hydrogen) atoms. The third-order valence-corrected chi connectivity index (χ3v) is 5.79. The number of ether oxygens (including phenoxy) is 2. The second-order valence-electron chi connectivity index (χ2n) is 7.63. The zero-order valence-corrected chi connectivity index (χ0v) is 16.0. The number of aromatic nitrogens is 2. The van der Waals surface area contributed by atoms with Crippen molar-refractivity contribution in [2.75, 3.05) is 19.8 Å². The fraction of sp³-hybridized carbons (Fsp3) is 0.364. The van der Waals surface area contributed by atoms with Gasteiger partial charge in [0.05, 0.1) is 6.54 Å². The minimum Gasteiger partial charge on any atom is -0.486 e. The second kappa shape index (κ2) is 6.95. The largest absolute Gasteiger partial charge is 0.486 e. The lowest BCUT2D eigenvalue weighted by Crippen LogP contribution is -3.09. The van der Waals surface area contributed by atoms with Crippen LogP contribution in [0.5, 0.6) is 11.5 Å². The van der Waals surface area contributed by atoms with Gasteiger partial charge in [-0.05, 0) is 37.3 Å². The minimum absolute atomic E-state index is 0.00687. The molecule has 0 radical (unpaired) electrons. The van der Waals surface area contributed by atoms with Crippen LogP contribution in [0.2, 0.25) is 0 Å². The Kier molecular flexibility index (Phi) is 4.28. The first-order valence-corrected chi connectivity index (χ1v) is 9.91. The van der Waals surface area contributed by atoms with Gasteiger partial charge in [0.1, 0.15) is 37.1 Å². The summed E-state index contributed by atoms with van der Waals surface area (Å²) in [5, 5.41) is 0. The second-order valence-corrected chi connectivity index (χ2v) is 7.63. The number of aryl methyl sites for hydroxylation is 1. The Labute approximate surface area is 163 Å². The summed E-state index contributed by atoms with van der Waals surface area (Å²) in [6.07, 6.45) is 2.29. The Morgan fingerprint density at radius 3 is 2.89 bits per heavy atom. The normalized spacial score (nSPS) is 21.2. The topological polar surface area (TPSA) is 57.3 Å². The standard InChI is InChI=1S/C22H23N3O3/c1-15-4-2-6-21-23-17(13-22(26)25(15)21)14-24-9-3-5-18(24)16-7-8-19-20(12-16)28-11-10-27-19/h2,4,6-8,12-13,18H,3,5,9-11,14H2,1H3/p+1/t18-/m0/s1. The number of hydrogen-bond donors (Lipinski definition) is 1. The van der Waals surface area contributed by atoms with Crippen molar-refractivity contribution >= 4 is 5.65 Å². The Morgan fingerprint density at radius 2 is 2.00 bits per heavy atom. The van der Waals surface area contributed by atoms with Crippen molar-refractivity contribution < 1.29 is 14.4 Å². The summed E-state index contributed by atoms with van der Waals surface area (Å²) in [4.78, 5) is 18.8. The van der Waals surface area contributed by atoms with E-state index in [0.717, 1.165) is 48.0 Å². The molecule has 1 saturated heterocycles. The van der Waals surface area contributed by atoms with Gasteiger partial charge in [-0.15, -0.1) is 0 Å². The molecule has 2 aromatic heterocycles. The van der Waals surface area contributed by atoms with Crippen molar-refractivity contribution in [3.05, 3.63) is 69.8 Å². The molecule has 1 fully saturated rings. The van der Waals surface area contributed by atoms with Gasteiger partial charge >= 0.3 is 0 Å². The highest BCUT2D eigenvalue weighted by Gasteiger charge is 2.31. The molecule has 6 nitrogen and oxygen atoms in total. The smallest absolute Gasteiger partial charge is 0.258 e. The van der Waals surface area contributed by atoms with Gasteiger partial charge < -0.3 is 14.4 Å². The molecular weight excluding hydrogens is 354 g/mol. The van der Waals surface area contributed by atoms with E-state index in [1.165, 1.54) is 16.9 Å². The van der Waals surface area contributed by atoms with Gasteiger partial charge in [-0.25, -0.2) is 4.98 Å². The van der Waals surface area contributed by atoms with Gasteiger partial charge in [0, 0.05) is 30.2 Å². The molecule has 0 amide bonds. The van der Waals surface area contributed by atoms with Gasteiger partial charge in [-0.2, -0.15) is 0 Å². The van der Waals surface area contributed by atoms with E-state index >= 15 is 0 Å². The molecule has 2 aliphatic rings. The molecular formula is C22H24N3O3+. The summed E-state index contributed by atoms with van der Waals surface area (Å²) in [6.45, 7) is 4.96. The molecule has 3 aromatic rings. The molecule has 5 rings (SSSR count). The molecule has 1 N–H and O–H groups in total. The summed E-state index contributed by atoms with van der Waals surface area (Å²) < 4.78 is 13.1. The Hall–Kier alpha value is -2.86. The summed E-state index contributed by atoms with van der Waals surface area (Å²) in [5.41, 5.74) is 3.74. The van der Waals surface area contributed by atoms with Gasteiger partial charge in [0.2, 0.25) is 0 Å². The summed E-state index contributed by atoms with van der Waals surface area (Å²) in [6, 6.07) is 14.1. The molecule has 2 aliphatic heterocycles. The van der Waals surface area contributed by atoms with Crippen LogP contribution >= 0.6 is 0 Å². The predicted octanol–water partition coefficient (Wildman–Crippen LogP) is 1.69. The monoisotopic (exact) mass is 378 g/mol. The third kappa shape index (κ3) is 3.03. The van der Waals surface area contributed by atoms with Gasteiger partial charge in [-0.1, -0.05) is 6.07 Å². The highest BCUT2D eigenvalue weighted by Crippen LogP contribution is 2.33. The van der Waals surface area contributed by atoms with E-state index in [9.17, 15) is 4.79 Å². The van der Waals surface area contributed by atoms with Crippen LogP contribution in [0.4, 0.5) is 0 Å². The lowest BCUT2D eigenvalue weighted by Gasteiger charge is -2.24. The number of likely N-dealkylation sites (tertiary alicyclic amines) is 1. The van der Waals surface area contributed by atoms with Gasteiger partial charge in [-0.3, -0.25) is 9.20 Å². The number of quaternary nitrogens is 1. The van der Waals surface area contributed by atoms with Gasteiger partial charge in [0.25, 0.3) is 5.56 Å². The lowest BCUT2D eigenvalue weighted by atomic mass is 10.0. The zero-order valence-electron chi connectivity index (χ0n) is 16.0. The molecule has 1 unspecified atom stereocenters. The summed E-state index contributed by atoms with van der Waals surface area (Å²) >= 11 is 0. The van der Waals surface area contributed by atoms with E-state index in [0.29, 0.717) is 19.3 Å². The number of rotatable bonds is 3. The van der Waals surface area contributed by atoms with Crippen molar-refractivity contribution in [2.24, 2.45) is 0 Å². The number of benzene rings is 1. The van der Waals surface area contributed by atoms with E-state index < -0.39 is 0 Å².